The molecule has 0 amide bonds. The lowest BCUT2D eigenvalue weighted by Crippen LogP contribution is -2.22. The van der Waals surface area contributed by atoms with Crippen LogP contribution in [0.2, 0.25) is 0 Å². The molecular formula is C15H19N3O. The summed E-state index contributed by atoms with van der Waals surface area (Å²) in [6.45, 7) is 0.355. The average Bonchev–Trinajstić information content (AvgIpc) is 2.84. The van der Waals surface area contributed by atoms with Crippen molar-refractivity contribution < 1.29 is 4.79 Å². The van der Waals surface area contributed by atoms with Crippen LogP contribution in [0.25, 0.3) is 0 Å². The van der Waals surface area contributed by atoms with Crippen molar-refractivity contribution in [1.29, 1.82) is 0 Å². The van der Waals surface area contributed by atoms with Gasteiger partial charge in [-0.05, 0) is 18.1 Å². The smallest absolute Gasteiger partial charge is 0.141 e. The second-order valence-corrected chi connectivity index (χ2v) is 4.61. The van der Waals surface area contributed by atoms with E-state index in [4.69, 9.17) is 5.73 Å². The Bertz CT molecular complexity index is 533. The maximum atomic E-state index is 12.3. The molecule has 2 aromatic rings. The number of hydrogen-bond acceptors (Lipinski definition) is 3. The summed E-state index contributed by atoms with van der Waals surface area (Å²) in [7, 11) is 1.89. The summed E-state index contributed by atoms with van der Waals surface area (Å²) in [6.07, 6.45) is 2.95. The van der Waals surface area contributed by atoms with Crippen molar-refractivity contribution >= 4 is 5.78 Å². The van der Waals surface area contributed by atoms with E-state index in [2.05, 4.69) is 5.10 Å². The molecule has 0 fully saturated rings. The predicted octanol–water partition coefficient (Wildman–Crippen LogP) is 1.66. The van der Waals surface area contributed by atoms with E-state index in [0.29, 0.717) is 19.4 Å². The standard InChI is InChI=1S/C15H19N3O/c1-18-13(9-10-17-18)7-8-15(19)14(11-16)12-5-3-2-4-6-12/h2-6,9-10,14H,7-8,11,16H2,1H3. The Labute approximate surface area is 113 Å². The number of Topliss-reactive ketones (excluding diaryl/α,β-unsaturated/α-hetero) is 1. The molecule has 2 rings (SSSR count). The van der Waals surface area contributed by atoms with Crippen LogP contribution in [0.4, 0.5) is 0 Å². The van der Waals surface area contributed by atoms with Crippen LogP contribution >= 0.6 is 0 Å². The fraction of sp³-hybridized carbons (Fsp3) is 0.333. The summed E-state index contributed by atoms with van der Waals surface area (Å²) in [5.41, 5.74) is 7.81. The number of carbonyl (C=O) groups is 1. The van der Waals surface area contributed by atoms with Gasteiger partial charge in [0, 0.05) is 31.9 Å². The fourth-order valence-corrected chi connectivity index (χ4v) is 2.21. The zero-order valence-electron chi connectivity index (χ0n) is 11.1. The van der Waals surface area contributed by atoms with Crippen molar-refractivity contribution in [2.45, 2.75) is 18.8 Å². The number of nitrogens with two attached hydrogens (primary N) is 1. The molecule has 19 heavy (non-hydrogen) atoms. The molecule has 0 bridgehead atoms. The molecule has 1 atom stereocenters. The Kier molecular flexibility index (Phi) is 4.47. The zero-order valence-corrected chi connectivity index (χ0v) is 11.1. The van der Waals surface area contributed by atoms with Crippen molar-refractivity contribution in [2.24, 2.45) is 12.8 Å². The van der Waals surface area contributed by atoms with Gasteiger partial charge in [0.1, 0.15) is 5.78 Å². The van der Waals surface area contributed by atoms with Gasteiger partial charge in [0.05, 0.1) is 5.92 Å². The van der Waals surface area contributed by atoms with Gasteiger partial charge < -0.3 is 5.73 Å². The summed E-state index contributed by atoms with van der Waals surface area (Å²) in [4.78, 5) is 12.3. The van der Waals surface area contributed by atoms with Crippen molar-refractivity contribution in [3.63, 3.8) is 0 Å². The number of benzene rings is 1. The SMILES string of the molecule is Cn1nccc1CCC(=O)C(CN)c1ccccc1. The quantitative estimate of drug-likeness (QED) is 0.856. The van der Waals surface area contributed by atoms with Crippen molar-refractivity contribution in [3.05, 3.63) is 53.9 Å². The number of nitrogens with zero attached hydrogens (tertiary/aromatic N) is 2. The van der Waals surface area contributed by atoms with Crippen LogP contribution in [0.3, 0.4) is 0 Å². The molecule has 1 unspecified atom stereocenters. The zero-order chi connectivity index (χ0) is 13.7. The minimum Gasteiger partial charge on any atom is -0.329 e. The van der Waals surface area contributed by atoms with Crippen LogP contribution in [-0.2, 0) is 18.3 Å². The second-order valence-electron chi connectivity index (χ2n) is 4.61. The predicted molar refractivity (Wildman–Crippen MR) is 74.8 cm³/mol. The van der Waals surface area contributed by atoms with E-state index in [0.717, 1.165) is 11.3 Å². The molecule has 1 heterocycles. The first-order valence-electron chi connectivity index (χ1n) is 6.47. The van der Waals surface area contributed by atoms with Crippen LogP contribution in [0, 0.1) is 0 Å². The van der Waals surface area contributed by atoms with Gasteiger partial charge in [0.15, 0.2) is 0 Å². The molecule has 100 valence electrons. The Morgan fingerprint density at radius 1 is 1.32 bits per heavy atom. The number of aromatic nitrogens is 2. The van der Waals surface area contributed by atoms with Crippen LogP contribution in [0.15, 0.2) is 42.6 Å². The highest BCUT2D eigenvalue weighted by molar-refractivity contribution is 5.86. The van der Waals surface area contributed by atoms with E-state index in [1.807, 2.05) is 43.4 Å². The molecule has 0 saturated carbocycles. The topological polar surface area (TPSA) is 60.9 Å². The van der Waals surface area contributed by atoms with Crippen molar-refractivity contribution in [2.75, 3.05) is 6.54 Å². The molecular weight excluding hydrogens is 238 g/mol. The molecule has 2 N–H and O–H groups in total. The lowest BCUT2D eigenvalue weighted by molar-refractivity contribution is -0.120. The third-order valence-corrected chi connectivity index (χ3v) is 3.38. The van der Waals surface area contributed by atoms with E-state index in [1.165, 1.54) is 0 Å². The van der Waals surface area contributed by atoms with Gasteiger partial charge in [-0.25, -0.2) is 0 Å². The Hall–Kier alpha value is -1.94. The first-order valence-corrected chi connectivity index (χ1v) is 6.47. The average molecular weight is 257 g/mol. The monoisotopic (exact) mass is 257 g/mol. The number of rotatable bonds is 6. The van der Waals surface area contributed by atoms with Gasteiger partial charge in [-0.3, -0.25) is 9.48 Å². The molecule has 0 aliphatic heterocycles. The molecule has 0 aliphatic carbocycles. The third kappa shape index (κ3) is 3.29. The van der Waals surface area contributed by atoms with E-state index in [-0.39, 0.29) is 11.7 Å². The van der Waals surface area contributed by atoms with Crippen LogP contribution in [0.1, 0.15) is 23.6 Å². The lowest BCUT2D eigenvalue weighted by Gasteiger charge is -2.14. The molecule has 1 aromatic carbocycles. The van der Waals surface area contributed by atoms with E-state index in [1.54, 1.807) is 10.9 Å². The summed E-state index contributed by atoms with van der Waals surface area (Å²) in [6, 6.07) is 11.7. The number of ketones is 1. The maximum absolute atomic E-state index is 12.3. The Morgan fingerprint density at radius 3 is 2.63 bits per heavy atom. The molecule has 0 saturated heterocycles. The highest BCUT2D eigenvalue weighted by Gasteiger charge is 2.18. The van der Waals surface area contributed by atoms with Crippen LogP contribution in [0.5, 0.6) is 0 Å². The van der Waals surface area contributed by atoms with E-state index in [9.17, 15) is 4.79 Å². The van der Waals surface area contributed by atoms with Crippen LogP contribution in [-0.4, -0.2) is 22.1 Å². The van der Waals surface area contributed by atoms with E-state index < -0.39 is 0 Å². The third-order valence-electron chi connectivity index (χ3n) is 3.38. The number of carbonyl (C=O) groups excluding carboxylic acids is 1. The van der Waals surface area contributed by atoms with Gasteiger partial charge in [0.25, 0.3) is 0 Å². The highest BCUT2D eigenvalue weighted by atomic mass is 16.1. The van der Waals surface area contributed by atoms with Gasteiger partial charge >= 0.3 is 0 Å². The molecule has 0 radical (unpaired) electrons. The summed E-state index contributed by atoms with van der Waals surface area (Å²) in [5, 5.41) is 4.10. The summed E-state index contributed by atoms with van der Waals surface area (Å²) in [5.74, 6) is -0.00988. The van der Waals surface area contributed by atoms with Crippen molar-refractivity contribution in [1.82, 2.24) is 9.78 Å². The van der Waals surface area contributed by atoms with Gasteiger partial charge in [-0.2, -0.15) is 5.10 Å². The number of aryl methyl sites for hydroxylation is 2. The Balaban J connectivity index is 2.00. The van der Waals surface area contributed by atoms with Crippen LogP contribution < -0.4 is 5.73 Å². The fourth-order valence-electron chi connectivity index (χ4n) is 2.21. The summed E-state index contributed by atoms with van der Waals surface area (Å²) >= 11 is 0. The minimum absolute atomic E-state index is 0.190. The molecule has 0 spiro atoms. The van der Waals surface area contributed by atoms with E-state index >= 15 is 0 Å². The minimum atomic E-state index is -0.200. The van der Waals surface area contributed by atoms with Gasteiger partial charge in [-0.15, -0.1) is 0 Å². The Morgan fingerprint density at radius 2 is 2.05 bits per heavy atom. The molecule has 4 heteroatoms. The molecule has 0 aliphatic rings. The molecule has 1 aromatic heterocycles. The largest absolute Gasteiger partial charge is 0.329 e. The van der Waals surface area contributed by atoms with Crippen molar-refractivity contribution in [3.8, 4) is 0 Å². The first-order chi connectivity index (χ1) is 9.22. The first kappa shape index (κ1) is 13.5. The number of hydrogen-bond donors (Lipinski definition) is 1. The second kappa shape index (κ2) is 6.29. The molecule has 4 nitrogen and oxygen atoms in total. The normalized spacial score (nSPS) is 12.3. The summed E-state index contributed by atoms with van der Waals surface area (Å²) < 4.78 is 1.80. The lowest BCUT2D eigenvalue weighted by atomic mass is 9.92. The maximum Gasteiger partial charge on any atom is 0.141 e. The van der Waals surface area contributed by atoms with Gasteiger partial charge in [0.2, 0.25) is 0 Å². The highest BCUT2D eigenvalue weighted by Crippen LogP contribution is 2.18. The van der Waals surface area contributed by atoms with Gasteiger partial charge in [-0.1, -0.05) is 30.3 Å².